The smallest absolute Gasteiger partial charge is 0.0197 e. The molecule has 108 valence electrons. The molecule has 1 aliphatic rings. The zero-order valence-electron chi connectivity index (χ0n) is 12.6. The predicted molar refractivity (Wildman–Crippen MR) is 91.9 cm³/mol. The van der Waals surface area contributed by atoms with Crippen LogP contribution in [-0.2, 0) is 0 Å². The van der Waals surface area contributed by atoms with E-state index in [2.05, 4.69) is 67.7 Å². The van der Waals surface area contributed by atoms with E-state index in [0.717, 1.165) is 19.5 Å². The highest BCUT2D eigenvalue weighted by atomic mass is 32.2. The maximum absolute atomic E-state index is 3.38. The van der Waals surface area contributed by atoms with Crippen LogP contribution in [0.2, 0.25) is 0 Å². The molecule has 21 heavy (non-hydrogen) atoms. The second-order valence-corrected chi connectivity index (χ2v) is 6.64. The van der Waals surface area contributed by atoms with Crippen LogP contribution in [0.4, 0.5) is 0 Å². The van der Waals surface area contributed by atoms with Gasteiger partial charge in [-0.2, -0.15) is 0 Å². The molecule has 0 aromatic heterocycles. The van der Waals surface area contributed by atoms with Crippen LogP contribution in [0.25, 0.3) is 5.57 Å². The van der Waals surface area contributed by atoms with Gasteiger partial charge in [0.1, 0.15) is 0 Å². The third kappa shape index (κ3) is 3.39. The van der Waals surface area contributed by atoms with Gasteiger partial charge in [0.25, 0.3) is 0 Å². The van der Waals surface area contributed by atoms with Crippen LogP contribution in [0, 0.1) is 13.8 Å². The largest absolute Gasteiger partial charge is 0.313 e. The molecule has 0 saturated heterocycles. The maximum atomic E-state index is 3.38. The van der Waals surface area contributed by atoms with Gasteiger partial charge in [-0.05, 0) is 67.3 Å². The molecule has 0 radical (unpaired) electrons. The van der Waals surface area contributed by atoms with Gasteiger partial charge in [-0.25, -0.2) is 0 Å². The van der Waals surface area contributed by atoms with Gasteiger partial charge in [-0.1, -0.05) is 42.1 Å². The molecule has 0 amide bonds. The number of rotatable bonds is 3. The standard InChI is InChI=1S/C19H21NS/c1-14-7-8-17(13-15(14)2)21-19-6-4-3-5-18(19)16-9-11-20-12-10-16/h3-9,13,20H,10-12H2,1-2H3. The summed E-state index contributed by atoms with van der Waals surface area (Å²) < 4.78 is 0. The second-order valence-electron chi connectivity index (χ2n) is 5.53. The summed E-state index contributed by atoms with van der Waals surface area (Å²) in [7, 11) is 0. The van der Waals surface area contributed by atoms with Crippen molar-refractivity contribution >= 4 is 17.3 Å². The molecule has 2 aromatic rings. The molecule has 0 saturated carbocycles. The van der Waals surface area contributed by atoms with Crippen molar-refractivity contribution in [1.29, 1.82) is 0 Å². The van der Waals surface area contributed by atoms with Gasteiger partial charge in [0.2, 0.25) is 0 Å². The van der Waals surface area contributed by atoms with E-state index in [4.69, 9.17) is 0 Å². The Kier molecular flexibility index (Phi) is 4.47. The highest BCUT2D eigenvalue weighted by molar-refractivity contribution is 7.99. The molecule has 1 aliphatic heterocycles. The fourth-order valence-corrected chi connectivity index (χ4v) is 3.67. The first-order valence-corrected chi connectivity index (χ1v) is 8.30. The fraction of sp³-hybridized carbons (Fsp3) is 0.263. The second kappa shape index (κ2) is 6.50. The number of nitrogens with one attached hydrogen (secondary N) is 1. The van der Waals surface area contributed by atoms with Crippen molar-refractivity contribution < 1.29 is 0 Å². The van der Waals surface area contributed by atoms with Crippen LogP contribution in [0.3, 0.4) is 0 Å². The third-order valence-corrected chi connectivity index (χ3v) is 5.07. The average molecular weight is 295 g/mol. The molecule has 2 aromatic carbocycles. The Morgan fingerprint density at radius 3 is 2.62 bits per heavy atom. The lowest BCUT2D eigenvalue weighted by atomic mass is 10.0. The fourth-order valence-electron chi connectivity index (χ4n) is 2.59. The minimum Gasteiger partial charge on any atom is -0.313 e. The van der Waals surface area contributed by atoms with Gasteiger partial charge in [0.05, 0.1) is 0 Å². The molecular weight excluding hydrogens is 274 g/mol. The van der Waals surface area contributed by atoms with E-state index in [1.54, 1.807) is 0 Å². The first-order chi connectivity index (χ1) is 10.2. The SMILES string of the molecule is Cc1ccc(Sc2ccccc2C2=CCNCC2)cc1C. The Morgan fingerprint density at radius 1 is 1.00 bits per heavy atom. The van der Waals surface area contributed by atoms with Crippen LogP contribution >= 0.6 is 11.8 Å². The first-order valence-electron chi connectivity index (χ1n) is 7.48. The lowest BCUT2D eigenvalue weighted by Crippen LogP contribution is -2.20. The van der Waals surface area contributed by atoms with E-state index in [1.807, 2.05) is 11.8 Å². The average Bonchev–Trinajstić information content (AvgIpc) is 2.52. The van der Waals surface area contributed by atoms with Crippen molar-refractivity contribution in [3.63, 3.8) is 0 Å². The van der Waals surface area contributed by atoms with Gasteiger partial charge in [0, 0.05) is 16.3 Å². The van der Waals surface area contributed by atoms with Crippen molar-refractivity contribution in [3.05, 3.63) is 65.2 Å². The third-order valence-electron chi connectivity index (χ3n) is 4.00. The summed E-state index contributed by atoms with van der Waals surface area (Å²) in [5, 5.41) is 3.38. The van der Waals surface area contributed by atoms with Crippen molar-refractivity contribution in [2.45, 2.75) is 30.1 Å². The predicted octanol–water partition coefficient (Wildman–Crippen LogP) is 4.83. The van der Waals surface area contributed by atoms with Gasteiger partial charge >= 0.3 is 0 Å². The first kappa shape index (κ1) is 14.4. The Hall–Kier alpha value is -1.51. The van der Waals surface area contributed by atoms with Crippen LogP contribution in [-0.4, -0.2) is 13.1 Å². The quantitative estimate of drug-likeness (QED) is 0.870. The maximum Gasteiger partial charge on any atom is 0.0197 e. The van der Waals surface area contributed by atoms with Crippen LogP contribution in [0.5, 0.6) is 0 Å². The normalized spacial score (nSPS) is 14.9. The minimum absolute atomic E-state index is 0.984. The number of aryl methyl sites for hydroxylation is 2. The molecule has 0 spiro atoms. The number of hydrogen-bond donors (Lipinski definition) is 1. The zero-order chi connectivity index (χ0) is 14.7. The van der Waals surface area contributed by atoms with Crippen LogP contribution < -0.4 is 5.32 Å². The Labute approximate surface area is 131 Å². The van der Waals surface area contributed by atoms with E-state index in [0.29, 0.717) is 0 Å². The molecule has 2 heteroatoms. The minimum atomic E-state index is 0.984. The van der Waals surface area contributed by atoms with Gasteiger partial charge in [0.15, 0.2) is 0 Å². The number of hydrogen-bond acceptors (Lipinski definition) is 2. The topological polar surface area (TPSA) is 12.0 Å². The highest BCUT2D eigenvalue weighted by Gasteiger charge is 2.11. The van der Waals surface area contributed by atoms with Crippen LogP contribution in [0.1, 0.15) is 23.1 Å². The Bertz CT molecular complexity index is 673. The molecule has 0 atom stereocenters. The molecule has 1 nitrogen and oxygen atoms in total. The summed E-state index contributed by atoms with van der Waals surface area (Å²) in [5.74, 6) is 0. The molecule has 0 unspecified atom stereocenters. The summed E-state index contributed by atoms with van der Waals surface area (Å²) in [5.41, 5.74) is 5.58. The monoisotopic (exact) mass is 295 g/mol. The number of benzene rings is 2. The van der Waals surface area contributed by atoms with Crippen molar-refractivity contribution in [3.8, 4) is 0 Å². The summed E-state index contributed by atoms with van der Waals surface area (Å²) in [6.07, 6.45) is 3.44. The summed E-state index contributed by atoms with van der Waals surface area (Å²) in [6.45, 7) is 6.41. The van der Waals surface area contributed by atoms with E-state index < -0.39 is 0 Å². The van der Waals surface area contributed by atoms with Crippen molar-refractivity contribution in [2.75, 3.05) is 13.1 Å². The molecule has 3 rings (SSSR count). The molecule has 0 bridgehead atoms. The summed E-state index contributed by atoms with van der Waals surface area (Å²) in [6, 6.07) is 15.5. The van der Waals surface area contributed by atoms with Gasteiger partial charge < -0.3 is 5.32 Å². The molecule has 1 N–H and O–H groups in total. The Balaban J connectivity index is 1.91. The van der Waals surface area contributed by atoms with Gasteiger partial charge in [-0.15, -0.1) is 0 Å². The van der Waals surface area contributed by atoms with Gasteiger partial charge in [-0.3, -0.25) is 0 Å². The summed E-state index contributed by atoms with van der Waals surface area (Å²) >= 11 is 1.87. The van der Waals surface area contributed by atoms with E-state index >= 15 is 0 Å². The lowest BCUT2D eigenvalue weighted by molar-refractivity contribution is 0.737. The van der Waals surface area contributed by atoms with E-state index in [9.17, 15) is 0 Å². The van der Waals surface area contributed by atoms with E-state index in [-0.39, 0.29) is 0 Å². The Morgan fingerprint density at radius 2 is 1.86 bits per heavy atom. The van der Waals surface area contributed by atoms with E-state index in [1.165, 1.54) is 32.1 Å². The van der Waals surface area contributed by atoms with Crippen molar-refractivity contribution in [1.82, 2.24) is 5.32 Å². The molecule has 0 aliphatic carbocycles. The molecular formula is C19H21NS. The lowest BCUT2D eigenvalue weighted by Gasteiger charge is -2.17. The summed E-state index contributed by atoms with van der Waals surface area (Å²) in [4.78, 5) is 2.67. The highest BCUT2D eigenvalue weighted by Crippen LogP contribution is 2.35. The van der Waals surface area contributed by atoms with Crippen LogP contribution in [0.15, 0.2) is 58.3 Å². The van der Waals surface area contributed by atoms with Crippen molar-refractivity contribution in [2.24, 2.45) is 0 Å². The molecule has 1 heterocycles. The molecule has 0 fully saturated rings. The zero-order valence-corrected chi connectivity index (χ0v) is 13.5.